The van der Waals surface area contributed by atoms with Gasteiger partial charge in [-0.25, -0.2) is 4.98 Å². The van der Waals surface area contributed by atoms with Crippen LogP contribution in [0.2, 0.25) is 0 Å². The van der Waals surface area contributed by atoms with Gasteiger partial charge in [-0.15, -0.1) is 11.3 Å². The summed E-state index contributed by atoms with van der Waals surface area (Å²) in [4.78, 5) is 6.25. The van der Waals surface area contributed by atoms with Crippen LogP contribution in [-0.4, -0.2) is 34.5 Å². The average Bonchev–Trinajstić information content (AvgIpc) is 2.66. The van der Waals surface area contributed by atoms with E-state index in [-0.39, 0.29) is 5.84 Å². The Morgan fingerprint density at radius 1 is 1.79 bits per heavy atom. The van der Waals surface area contributed by atoms with E-state index >= 15 is 0 Å². The van der Waals surface area contributed by atoms with Crippen molar-refractivity contribution < 1.29 is 5.21 Å². The van der Waals surface area contributed by atoms with Crippen molar-refractivity contribution in [2.75, 3.05) is 13.6 Å². The van der Waals surface area contributed by atoms with Gasteiger partial charge in [0, 0.05) is 24.5 Å². The molecule has 0 aliphatic heterocycles. The van der Waals surface area contributed by atoms with Gasteiger partial charge in [0.2, 0.25) is 0 Å². The number of oxime groups is 1. The minimum absolute atomic E-state index is 0.260. The minimum atomic E-state index is 0.260. The maximum Gasteiger partial charge on any atom is 0.140 e. The van der Waals surface area contributed by atoms with Gasteiger partial charge in [0.1, 0.15) is 10.8 Å². The van der Waals surface area contributed by atoms with Gasteiger partial charge in [-0.05, 0) is 7.05 Å². The van der Waals surface area contributed by atoms with Crippen molar-refractivity contribution in [1.82, 2.24) is 9.88 Å². The van der Waals surface area contributed by atoms with Crippen molar-refractivity contribution in [2.45, 2.75) is 13.0 Å². The smallest absolute Gasteiger partial charge is 0.140 e. The molecule has 0 aliphatic rings. The Balaban J connectivity index is 2.26. The van der Waals surface area contributed by atoms with Gasteiger partial charge in [-0.2, -0.15) is 0 Å². The highest BCUT2D eigenvalue weighted by atomic mass is 32.1. The van der Waals surface area contributed by atoms with Crippen LogP contribution in [-0.2, 0) is 6.54 Å². The fourth-order valence-corrected chi connectivity index (χ4v) is 1.69. The van der Waals surface area contributed by atoms with Gasteiger partial charge in [0.15, 0.2) is 0 Å². The van der Waals surface area contributed by atoms with Crippen molar-refractivity contribution in [3.63, 3.8) is 0 Å². The molecule has 0 aromatic carbocycles. The van der Waals surface area contributed by atoms with Crippen LogP contribution in [0, 0.1) is 0 Å². The molecule has 0 atom stereocenters. The van der Waals surface area contributed by atoms with E-state index in [9.17, 15) is 0 Å². The van der Waals surface area contributed by atoms with Gasteiger partial charge in [0.05, 0.1) is 6.54 Å². The molecule has 0 unspecified atom stereocenters. The molecule has 1 aromatic rings. The first-order chi connectivity index (χ1) is 6.72. The Labute approximate surface area is 86.9 Å². The van der Waals surface area contributed by atoms with Crippen LogP contribution in [0.3, 0.4) is 0 Å². The normalized spacial score (nSPS) is 12.3. The highest BCUT2D eigenvalue weighted by Gasteiger charge is 2.03. The number of hydrogen-bond donors (Lipinski definition) is 2. The van der Waals surface area contributed by atoms with E-state index in [0.717, 1.165) is 18.1 Å². The summed E-state index contributed by atoms with van der Waals surface area (Å²) in [7, 11) is 1.98. The number of amidine groups is 1. The lowest BCUT2D eigenvalue weighted by Crippen LogP contribution is -2.24. The summed E-state index contributed by atoms with van der Waals surface area (Å²) < 4.78 is 0. The number of nitrogens with zero attached hydrogens (tertiary/aromatic N) is 3. The summed E-state index contributed by atoms with van der Waals surface area (Å²) in [6, 6.07) is 0. The van der Waals surface area contributed by atoms with E-state index in [1.54, 1.807) is 17.5 Å². The number of hydrogen-bond acceptors (Lipinski definition) is 5. The summed E-state index contributed by atoms with van der Waals surface area (Å²) in [5.74, 6) is 0.260. The molecule has 0 spiro atoms. The summed E-state index contributed by atoms with van der Waals surface area (Å²) in [5.41, 5.74) is 5.35. The SMILES string of the molecule is CN(CCC(N)=NO)Cc1nccs1. The van der Waals surface area contributed by atoms with Crippen LogP contribution < -0.4 is 5.73 Å². The fourth-order valence-electron chi connectivity index (χ4n) is 0.996. The van der Waals surface area contributed by atoms with Crippen molar-refractivity contribution in [3.05, 3.63) is 16.6 Å². The van der Waals surface area contributed by atoms with Crippen LogP contribution in [0.15, 0.2) is 16.7 Å². The molecule has 78 valence electrons. The monoisotopic (exact) mass is 214 g/mol. The zero-order valence-corrected chi connectivity index (χ0v) is 8.87. The van der Waals surface area contributed by atoms with Crippen LogP contribution in [0.5, 0.6) is 0 Å². The van der Waals surface area contributed by atoms with Gasteiger partial charge in [-0.3, -0.25) is 4.90 Å². The van der Waals surface area contributed by atoms with Gasteiger partial charge in [-0.1, -0.05) is 5.16 Å². The number of rotatable bonds is 5. The first kappa shape index (κ1) is 10.9. The molecule has 0 bridgehead atoms. The zero-order valence-electron chi connectivity index (χ0n) is 8.05. The number of aromatic nitrogens is 1. The second kappa shape index (κ2) is 5.56. The van der Waals surface area contributed by atoms with E-state index < -0.39 is 0 Å². The van der Waals surface area contributed by atoms with Crippen LogP contribution in [0.4, 0.5) is 0 Å². The molecule has 1 rings (SSSR count). The van der Waals surface area contributed by atoms with Crippen LogP contribution in [0.25, 0.3) is 0 Å². The fraction of sp³-hybridized carbons (Fsp3) is 0.500. The molecule has 0 radical (unpaired) electrons. The molecule has 6 heteroatoms. The van der Waals surface area contributed by atoms with E-state index in [4.69, 9.17) is 10.9 Å². The number of nitrogens with two attached hydrogens (primary N) is 1. The van der Waals surface area contributed by atoms with E-state index in [1.807, 2.05) is 12.4 Å². The lowest BCUT2D eigenvalue weighted by molar-refractivity contribution is 0.309. The van der Waals surface area contributed by atoms with Crippen molar-refractivity contribution in [1.29, 1.82) is 0 Å². The second-order valence-electron chi connectivity index (χ2n) is 3.00. The maximum atomic E-state index is 8.34. The highest BCUT2D eigenvalue weighted by Crippen LogP contribution is 2.06. The summed E-state index contributed by atoms with van der Waals surface area (Å²) >= 11 is 1.63. The van der Waals surface area contributed by atoms with Crippen molar-refractivity contribution in [2.24, 2.45) is 10.9 Å². The molecule has 1 aromatic heterocycles. The first-order valence-corrected chi connectivity index (χ1v) is 5.13. The molecule has 1 heterocycles. The Bertz CT molecular complexity index is 286. The summed E-state index contributed by atoms with van der Waals surface area (Å²) in [5, 5.41) is 14.3. The molecular formula is C8H14N4OS. The third kappa shape index (κ3) is 3.71. The highest BCUT2D eigenvalue weighted by molar-refractivity contribution is 7.09. The first-order valence-electron chi connectivity index (χ1n) is 4.25. The predicted molar refractivity (Wildman–Crippen MR) is 56.5 cm³/mol. The minimum Gasteiger partial charge on any atom is -0.409 e. The van der Waals surface area contributed by atoms with Gasteiger partial charge < -0.3 is 10.9 Å². The largest absolute Gasteiger partial charge is 0.409 e. The number of thiazole rings is 1. The predicted octanol–water partition coefficient (Wildman–Crippen LogP) is 0.711. The Hall–Kier alpha value is -1.14. The average molecular weight is 214 g/mol. The Morgan fingerprint density at radius 2 is 2.57 bits per heavy atom. The Kier molecular flexibility index (Phi) is 4.34. The molecule has 0 fully saturated rings. The molecule has 0 aliphatic carbocycles. The lowest BCUT2D eigenvalue weighted by atomic mass is 10.4. The molecule has 0 saturated carbocycles. The lowest BCUT2D eigenvalue weighted by Gasteiger charge is -2.13. The van der Waals surface area contributed by atoms with Crippen LogP contribution in [0.1, 0.15) is 11.4 Å². The topological polar surface area (TPSA) is 74.7 Å². The van der Waals surface area contributed by atoms with Gasteiger partial charge in [0.25, 0.3) is 0 Å². The maximum absolute atomic E-state index is 8.34. The third-order valence-corrected chi connectivity index (χ3v) is 2.53. The third-order valence-electron chi connectivity index (χ3n) is 1.77. The zero-order chi connectivity index (χ0) is 10.4. The summed E-state index contributed by atoms with van der Waals surface area (Å²) in [6.07, 6.45) is 2.36. The van der Waals surface area contributed by atoms with Crippen molar-refractivity contribution in [3.8, 4) is 0 Å². The van der Waals surface area contributed by atoms with E-state index in [2.05, 4.69) is 15.0 Å². The second-order valence-corrected chi connectivity index (χ2v) is 3.98. The van der Waals surface area contributed by atoms with Gasteiger partial charge >= 0.3 is 0 Å². The quantitative estimate of drug-likeness (QED) is 0.327. The van der Waals surface area contributed by atoms with E-state index in [1.165, 1.54) is 0 Å². The van der Waals surface area contributed by atoms with Crippen molar-refractivity contribution >= 4 is 17.2 Å². The van der Waals surface area contributed by atoms with E-state index in [0.29, 0.717) is 6.42 Å². The summed E-state index contributed by atoms with van der Waals surface area (Å²) in [6.45, 7) is 1.56. The molecular weight excluding hydrogens is 200 g/mol. The van der Waals surface area contributed by atoms with Crippen LogP contribution >= 0.6 is 11.3 Å². The molecule has 0 saturated heterocycles. The molecule has 0 amide bonds. The molecule has 5 nitrogen and oxygen atoms in total. The standard InChI is InChI=1S/C8H14N4OS/c1-12(4-2-7(9)11-13)6-8-10-3-5-14-8/h3,5,13H,2,4,6H2,1H3,(H2,9,11). The Morgan fingerprint density at radius 3 is 3.14 bits per heavy atom. The molecule has 14 heavy (non-hydrogen) atoms. The molecule has 3 N–H and O–H groups in total.